The number of aryl methyl sites for hydroxylation is 2. The van der Waals surface area contributed by atoms with Gasteiger partial charge in [-0.25, -0.2) is 0 Å². The number of aromatic nitrogens is 3. The van der Waals surface area contributed by atoms with Crippen LogP contribution in [-0.4, -0.2) is 27.3 Å². The van der Waals surface area contributed by atoms with E-state index in [0.29, 0.717) is 5.75 Å². The molecule has 3 aromatic rings. The summed E-state index contributed by atoms with van der Waals surface area (Å²) >= 11 is 0. The minimum Gasteiger partial charge on any atom is -0.484 e. The molecule has 28 heavy (non-hydrogen) atoms. The predicted octanol–water partition coefficient (Wildman–Crippen LogP) is 4.00. The van der Waals surface area contributed by atoms with Crippen LogP contribution in [0.3, 0.4) is 0 Å². The lowest BCUT2D eigenvalue weighted by Gasteiger charge is -2.10. The topological polar surface area (TPSA) is 69.0 Å². The lowest BCUT2D eigenvalue weighted by Crippen LogP contribution is -2.20. The fourth-order valence-electron chi connectivity index (χ4n) is 3.49. The Labute approximate surface area is 164 Å². The number of carbonyl (C=O) groups is 1. The standard InChI is InChI=1S/C22H24N4O2/c1-16-7-5-10-19(13-16)28-15-21(27)23-18-9-6-8-17(14-18)22-25-24-20-11-3-2-4-12-26(20)22/h5-10,13-14H,2-4,11-12,15H2,1H3,(H,23,27). The van der Waals surface area contributed by atoms with Crippen LogP contribution in [0.2, 0.25) is 0 Å². The van der Waals surface area contributed by atoms with Crippen LogP contribution >= 0.6 is 0 Å². The van der Waals surface area contributed by atoms with Gasteiger partial charge in [-0.05, 0) is 49.6 Å². The second-order valence-electron chi connectivity index (χ2n) is 7.14. The Morgan fingerprint density at radius 2 is 2.00 bits per heavy atom. The maximum Gasteiger partial charge on any atom is 0.262 e. The zero-order valence-corrected chi connectivity index (χ0v) is 16.0. The quantitative estimate of drug-likeness (QED) is 0.731. The zero-order chi connectivity index (χ0) is 19.3. The molecular formula is C22H24N4O2. The van der Waals surface area contributed by atoms with Crippen LogP contribution in [0, 0.1) is 6.92 Å². The van der Waals surface area contributed by atoms with Crippen molar-refractivity contribution in [2.24, 2.45) is 0 Å². The first-order valence-electron chi connectivity index (χ1n) is 9.71. The fraction of sp³-hybridized carbons (Fsp3) is 0.318. The molecule has 0 saturated carbocycles. The van der Waals surface area contributed by atoms with E-state index in [0.717, 1.165) is 54.3 Å². The summed E-state index contributed by atoms with van der Waals surface area (Å²) in [5.41, 5.74) is 2.78. The molecule has 4 rings (SSSR count). The molecule has 2 aromatic carbocycles. The summed E-state index contributed by atoms with van der Waals surface area (Å²) in [5.74, 6) is 2.41. The summed E-state index contributed by atoms with van der Waals surface area (Å²) < 4.78 is 7.78. The van der Waals surface area contributed by atoms with E-state index in [2.05, 4.69) is 20.1 Å². The highest BCUT2D eigenvalue weighted by molar-refractivity contribution is 5.92. The molecule has 0 spiro atoms. The monoisotopic (exact) mass is 376 g/mol. The molecular weight excluding hydrogens is 352 g/mol. The van der Waals surface area contributed by atoms with E-state index in [1.807, 2.05) is 55.5 Å². The van der Waals surface area contributed by atoms with Gasteiger partial charge in [-0.2, -0.15) is 0 Å². The third-order valence-electron chi connectivity index (χ3n) is 4.87. The van der Waals surface area contributed by atoms with Crippen molar-refractivity contribution in [1.29, 1.82) is 0 Å². The number of hydrogen-bond donors (Lipinski definition) is 1. The molecule has 0 unspecified atom stereocenters. The Morgan fingerprint density at radius 1 is 1.11 bits per heavy atom. The SMILES string of the molecule is Cc1cccc(OCC(=O)Nc2cccc(-c3nnc4n3CCCCC4)c2)c1. The van der Waals surface area contributed by atoms with Crippen LogP contribution in [0.15, 0.2) is 48.5 Å². The van der Waals surface area contributed by atoms with Crippen molar-refractivity contribution in [2.45, 2.75) is 39.2 Å². The van der Waals surface area contributed by atoms with E-state index in [9.17, 15) is 4.79 Å². The van der Waals surface area contributed by atoms with Gasteiger partial charge in [-0.3, -0.25) is 4.79 Å². The van der Waals surface area contributed by atoms with Gasteiger partial charge in [0.1, 0.15) is 11.6 Å². The minimum absolute atomic E-state index is 0.0337. The number of carbonyl (C=O) groups excluding carboxylic acids is 1. The van der Waals surface area contributed by atoms with Gasteiger partial charge in [-0.15, -0.1) is 10.2 Å². The Balaban J connectivity index is 1.44. The summed E-state index contributed by atoms with van der Waals surface area (Å²) in [4.78, 5) is 12.3. The average molecular weight is 376 g/mol. The summed E-state index contributed by atoms with van der Waals surface area (Å²) in [5, 5.41) is 11.6. The van der Waals surface area contributed by atoms with E-state index in [1.54, 1.807) is 0 Å². The number of benzene rings is 2. The van der Waals surface area contributed by atoms with Gasteiger partial charge in [0.25, 0.3) is 5.91 Å². The van der Waals surface area contributed by atoms with E-state index in [4.69, 9.17) is 4.74 Å². The second-order valence-corrected chi connectivity index (χ2v) is 7.14. The Morgan fingerprint density at radius 3 is 2.89 bits per heavy atom. The Bertz CT molecular complexity index is 980. The molecule has 1 N–H and O–H groups in total. The number of rotatable bonds is 5. The predicted molar refractivity (Wildman–Crippen MR) is 108 cm³/mol. The molecule has 1 amide bonds. The van der Waals surface area contributed by atoms with Crippen molar-refractivity contribution >= 4 is 11.6 Å². The van der Waals surface area contributed by atoms with Gasteiger partial charge in [0.15, 0.2) is 12.4 Å². The molecule has 0 bridgehead atoms. The summed E-state index contributed by atoms with van der Waals surface area (Å²) in [6, 6.07) is 15.4. The number of ether oxygens (including phenoxy) is 1. The minimum atomic E-state index is -0.196. The van der Waals surface area contributed by atoms with Crippen LogP contribution in [0.1, 0.15) is 30.7 Å². The number of anilines is 1. The van der Waals surface area contributed by atoms with Crippen LogP contribution in [0.5, 0.6) is 5.75 Å². The van der Waals surface area contributed by atoms with Crippen LogP contribution < -0.4 is 10.1 Å². The van der Waals surface area contributed by atoms with Crippen LogP contribution in [-0.2, 0) is 17.8 Å². The third-order valence-corrected chi connectivity index (χ3v) is 4.87. The van der Waals surface area contributed by atoms with E-state index in [-0.39, 0.29) is 12.5 Å². The smallest absolute Gasteiger partial charge is 0.262 e. The molecule has 0 atom stereocenters. The zero-order valence-electron chi connectivity index (χ0n) is 16.0. The first-order chi connectivity index (χ1) is 13.7. The van der Waals surface area contributed by atoms with Crippen LogP contribution in [0.25, 0.3) is 11.4 Å². The van der Waals surface area contributed by atoms with Crippen molar-refractivity contribution in [3.63, 3.8) is 0 Å². The van der Waals surface area contributed by atoms with E-state index in [1.165, 1.54) is 6.42 Å². The Kier molecular flexibility index (Phi) is 5.37. The molecule has 1 aliphatic heterocycles. The molecule has 2 heterocycles. The maximum atomic E-state index is 12.3. The van der Waals surface area contributed by atoms with Gasteiger partial charge < -0.3 is 14.6 Å². The van der Waals surface area contributed by atoms with Gasteiger partial charge in [0, 0.05) is 24.2 Å². The highest BCUT2D eigenvalue weighted by Gasteiger charge is 2.16. The summed E-state index contributed by atoms with van der Waals surface area (Å²) in [6.45, 7) is 2.90. The first-order valence-corrected chi connectivity index (χ1v) is 9.71. The number of nitrogens with zero attached hydrogens (tertiary/aromatic N) is 3. The normalized spacial score (nSPS) is 13.5. The van der Waals surface area contributed by atoms with E-state index < -0.39 is 0 Å². The molecule has 1 aliphatic rings. The largest absolute Gasteiger partial charge is 0.484 e. The lowest BCUT2D eigenvalue weighted by atomic mass is 10.2. The molecule has 0 radical (unpaired) electrons. The fourth-order valence-corrected chi connectivity index (χ4v) is 3.49. The van der Waals surface area contributed by atoms with Gasteiger partial charge in [0.05, 0.1) is 0 Å². The van der Waals surface area contributed by atoms with Crippen LogP contribution in [0.4, 0.5) is 5.69 Å². The van der Waals surface area contributed by atoms with Gasteiger partial charge in [-0.1, -0.05) is 30.7 Å². The van der Waals surface area contributed by atoms with Gasteiger partial charge in [0.2, 0.25) is 0 Å². The molecule has 6 nitrogen and oxygen atoms in total. The van der Waals surface area contributed by atoms with Crippen molar-refractivity contribution in [2.75, 3.05) is 11.9 Å². The molecule has 0 aliphatic carbocycles. The third kappa shape index (κ3) is 4.22. The number of amides is 1. The van der Waals surface area contributed by atoms with Crippen molar-refractivity contribution < 1.29 is 9.53 Å². The molecule has 0 fully saturated rings. The summed E-state index contributed by atoms with van der Waals surface area (Å²) in [7, 11) is 0. The molecule has 0 saturated heterocycles. The van der Waals surface area contributed by atoms with Gasteiger partial charge >= 0.3 is 0 Å². The van der Waals surface area contributed by atoms with Crippen molar-refractivity contribution in [3.8, 4) is 17.1 Å². The Hall–Kier alpha value is -3.15. The highest BCUT2D eigenvalue weighted by atomic mass is 16.5. The number of nitrogens with one attached hydrogen (secondary N) is 1. The van der Waals surface area contributed by atoms with E-state index >= 15 is 0 Å². The second kappa shape index (κ2) is 8.25. The first kappa shape index (κ1) is 18.2. The lowest BCUT2D eigenvalue weighted by molar-refractivity contribution is -0.118. The molecule has 144 valence electrons. The van der Waals surface area contributed by atoms with Crippen molar-refractivity contribution in [1.82, 2.24) is 14.8 Å². The number of fused-ring (bicyclic) bond motifs is 1. The van der Waals surface area contributed by atoms with Crippen molar-refractivity contribution in [3.05, 3.63) is 59.9 Å². The summed E-state index contributed by atoms with van der Waals surface area (Å²) in [6.07, 6.45) is 4.50. The molecule has 6 heteroatoms. The molecule has 1 aromatic heterocycles. The average Bonchev–Trinajstić information content (AvgIpc) is 2.95. The highest BCUT2D eigenvalue weighted by Crippen LogP contribution is 2.25. The number of hydrogen-bond acceptors (Lipinski definition) is 4. The maximum absolute atomic E-state index is 12.3.